The molecular formula is C9H20N2O3. The maximum absolute atomic E-state index is 11.2. The third-order valence-corrected chi connectivity index (χ3v) is 1.85. The molecule has 3 N–H and O–H groups in total. The lowest BCUT2D eigenvalue weighted by Crippen LogP contribution is -2.42. The maximum Gasteiger partial charge on any atom is 0.234 e. The molecule has 0 fully saturated rings. The van der Waals surface area contributed by atoms with Crippen molar-refractivity contribution in [1.82, 2.24) is 10.6 Å². The van der Waals surface area contributed by atoms with Crippen LogP contribution in [-0.2, 0) is 9.53 Å². The van der Waals surface area contributed by atoms with E-state index in [4.69, 9.17) is 9.84 Å². The van der Waals surface area contributed by atoms with Crippen LogP contribution in [-0.4, -0.2) is 50.5 Å². The van der Waals surface area contributed by atoms with Crippen LogP contribution in [0.3, 0.4) is 0 Å². The molecule has 1 atom stereocenters. The highest BCUT2D eigenvalue weighted by Crippen LogP contribution is 1.87. The van der Waals surface area contributed by atoms with Crippen LogP contribution >= 0.6 is 0 Å². The van der Waals surface area contributed by atoms with E-state index in [1.165, 1.54) is 0 Å². The molecule has 0 saturated heterocycles. The number of aliphatic hydroxyl groups is 1. The van der Waals surface area contributed by atoms with Gasteiger partial charge in [0.05, 0.1) is 25.8 Å². The van der Waals surface area contributed by atoms with Gasteiger partial charge in [0.1, 0.15) is 0 Å². The zero-order valence-electron chi connectivity index (χ0n) is 8.88. The van der Waals surface area contributed by atoms with Gasteiger partial charge >= 0.3 is 0 Å². The van der Waals surface area contributed by atoms with Crippen LogP contribution in [0.2, 0.25) is 0 Å². The molecule has 0 aromatic heterocycles. The summed E-state index contributed by atoms with van der Waals surface area (Å²) in [6, 6.07) is -0.133. The van der Waals surface area contributed by atoms with Gasteiger partial charge in [0.25, 0.3) is 0 Å². The molecule has 0 aromatic rings. The summed E-state index contributed by atoms with van der Waals surface area (Å²) in [5.41, 5.74) is 0. The molecule has 5 nitrogen and oxygen atoms in total. The highest BCUT2D eigenvalue weighted by Gasteiger charge is 2.07. The molecule has 0 saturated carbocycles. The van der Waals surface area contributed by atoms with Crippen molar-refractivity contribution in [2.24, 2.45) is 0 Å². The topological polar surface area (TPSA) is 70.6 Å². The van der Waals surface area contributed by atoms with Crippen molar-refractivity contribution in [3.8, 4) is 0 Å². The average Bonchev–Trinajstić information content (AvgIpc) is 2.21. The van der Waals surface area contributed by atoms with E-state index in [9.17, 15) is 4.79 Å². The molecule has 0 aliphatic rings. The van der Waals surface area contributed by atoms with E-state index in [1.54, 1.807) is 7.11 Å². The standard InChI is InChI=1S/C9H20N2O3/c1-3-8(7-12)11-9(13)6-10-4-5-14-2/h8,10,12H,3-7H2,1-2H3,(H,11,13)/t8-/m0/s1. The van der Waals surface area contributed by atoms with Gasteiger partial charge < -0.3 is 20.5 Å². The Morgan fingerprint density at radius 2 is 2.29 bits per heavy atom. The molecule has 5 heteroatoms. The fraction of sp³-hybridized carbons (Fsp3) is 0.889. The number of ether oxygens (including phenoxy) is 1. The third kappa shape index (κ3) is 6.82. The van der Waals surface area contributed by atoms with Gasteiger partial charge in [0, 0.05) is 13.7 Å². The predicted octanol–water partition coefficient (Wildman–Crippen LogP) is -0.890. The second kappa shape index (κ2) is 8.93. The van der Waals surface area contributed by atoms with Crippen LogP contribution in [0.25, 0.3) is 0 Å². The second-order valence-electron chi connectivity index (χ2n) is 3.02. The van der Waals surface area contributed by atoms with Gasteiger partial charge in [-0.3, -0.25) is 4.79 Å². The van der Waals surface area contributed by atoms with Crippen molar-refractivity contribution in [2.75, 3.05) is 33.4 Å². The predicted molar refractivity (Wildman–Crippen MR) is 54.1 cm³/mol. The lowest BCUT2D eigenvalue weighted by atomic mass is 10.2. The van der Waals surface area contributed by atoms with Crippen LogP contribution in [0.15, 0.2) is 0 Å². The van der Waals surface area contributed by atoms with Crippen LogP contribution in [0.1, 0.15) is 13.3 Å². The SMILES string of the molecule is CC[C@@H](CO)NC(=O)CNCCOC. The van der Waals surface area contributed by atoms with E-state index in [-0.39, 0.29) is 25.1 Å². The quantitative estimate of drug-likeness (QED) is 0.449. The normalized spacial score (nSPS) is 12.5. The highest BCUT2D eigenvalue weighted by molar-refractivity contribution is 5.78. The first-order valence-corrected chi connectivity index (χ1v) is 4.84. The summed E-state index contributed by atoms with van der Waals surface area (Å²) in [5.74, 6) is -0.0954. The molecule has 0 unspecified atom stereocenters. The first kappa shape index (κ1) is 13.4. The number of hydrogen-bond donors (Lipinski definition) is 3. The van der Waals surface area contributed by atoms with Crippen LogP contribution in [0.4, 0.5) is 0 Å². The number of methoxy groups -OCH3 is 1. The van der Waals surface area contributed by atoms with Gasteiger partial charge in [-0.2, -0.15) is 0 Å². The van der Waals surface area contributed by atoms with Crippen molar-refractivity contribution in [3.63, 3.8) is 0 Å². The highest BCUT2D eigenvalue weighted by atomic mass is 16.5. The van der Waals surface area contributed by atoms with Gasteiger partial charge in [-0.1, -0.05) is 6.92 Å². The number of aliphatic hydroxyl groups excluding tert-OH is 1. The van der Waals surface area contributed by atoms with Crippen molar-refractivity contribution < 1.29 is 14.6 Å². The zero-order valence-corrected chi connectivity index (χ0v) is 8.88. The van der Waals surface area contributed by atoms with Gasteiger partial charge in [-0.05, 0) is 6.42 Å². The minimum absolute atomic E-state index is 0.0136. The summed E-state index contributed by atoms with van der Waals surface area (Å²) in [6.07, 6.45) is 0.736. The number of nitrogens with one attached hydrogen (secondary N) is 2. The minimum Gasteiger partial charge on any atom is -0.394 e. The molecule has 0 aromatic carbocycles. The van der Waals surface area contributed by atoms with Crippen LogP contribution in [0.5, 0.6) is 0 Å². The van der Waals surface area contributed by atoms with E-state index in [2.05, 4.69) is 10.6 Å². The Hall–Kier alpha value is -0.650. The summed E-state index contributed by atoms with van der Waals surface area (Å²) >= 11 is 0. The molecule has 0 rings (SSSR count). The third-order valence-electron chi connectivity index (χ3n) is 1.85. The van der Waals surface area contributed by atoms with Gasteiger partial charge in [-0.25, -0.2) is 0 Å². The Morgan fingerprint density at radius 1 is 1.57 bits per heavy atom. The van der Waals surface area contributed by atoms with Gasteiger partial charge in [-0.15, -0.1) is 0 Å². The fourth-order valence-corrected chi connectivity index (χ4v) is 0.932. The number of carbonyl (C=O) groups is 1. The zero-order chi connectivity index (χ0) is 10.8. The average molecular weight is 204 g/mol. The molecule has 84 valence electrons. The molecule has 0 heterocycles. The van der Waals surface area contributed by atoms with Crippen molar-refractivity contribution in [2.45, 2.75) is 19.4 Å². The lowest BCUT2D eigenvalue weighted by molar-refractivity contribution is -0.121. The van der Waals surface area contributed by atoms with Crippen molar-refractivity contribution in [1.29, 1.82) is 0 Å². The molecule has 1 amide bonds. The monoisotopic (exact) mass is 204 g/mol. The molecule has 0 bridgehead atoms. The van der Waals surface area contributed by atoms with E-state index >= 15 is 0 Å². The summed E-state index contributed by atoms with van der Waals surface area (Å²) in [5, 5.41) is 14.5. The van der Waals surface area contributed by atoms with Gasteiger partial charge in [0.2, 0.25) is 5.91 Å². The largest absolute Gasteiger partial charge is 0.394 e. The minimum atomic E-state index is -0.133. The number of amides is 1. The van der Waals surface area contributed by atoms with E-state index in [0.717, 1.165) is 6.42 Å². The Bertz CT molecular complexity index is 149. The van der Waals surface area contributed by atoms with Crippen LogP contribution < -0.4 is 10.6 Å². The van der Waals surface area contributed by atoms with Gasteiger partial charge in [0.15, 0.2) is 0 Å². The molecule has 0 aliphatic carbocycles. The summed E-state index contributed by atoms with van der Waals surface area (Å²) in [7, 11) is 1.61. The van der Waals surface area contributed by atoms with E-state index < -0.39 is 0 Å². The smallest absolute Gasteiger partial charge is 0.234 e. The second-order valence-corrected chi connectivity index (χ2v) is 3.02. The first-order valence-electron chi connectivity index (χ1n) is 4.84. The molecule has 14 heavy (non-hydrogen) atoms. The Kier molecular flexibility index (Phi) is 8.51. The van der Waals surface area contributed by atoms with E-state index in [1.807, 2.05) is 6.92 Å². The molecular weight excluding hydrogens is 184 g/mol. The summed E-state index contributed by atoms with van der Waals surface area (Å²) in [4.78, 5) is 11.2. The molecule has 0 radical (unpaired) electrons. The fourth-order valence-electron chi connectivity index (χ4n) is 0.932. The van der Waals surface area contributed by atoms with Crippen LogP contribution in [0, 0.1) is 0 Å². The maximum atomic E-state index is 11.2. The Morgan fingerprint density at radius 3 is 2.79 bits per heavy atom. The molecule has 0 aliphatic heterocycles. The number of carbonyl (C=O) groups excluding carboxylic acids is 1. The Labute approximate surface area is 84.8 Å². The van der Waals surface area contributed by atoms with E-state index in [0.29, 0.717) is 13.2 Å². The van der Waals surface area contributed by atoms with Crippen molar-refractivity contribution >= 4 is 5.91 Å². The number of hydrogen-bond acceptors (Lipinski definition) is 4. The first-order chi connectivity index (χ1) is 6.74. The van der Waals surface area contributed by atoms with Crippen molar-refractivity contribution in [3.05, 3.63) is 0 Å². The number of rotatable bonds is 8. The lowest BCUT2D eigenvalue weighted by Gasteiger charge is -2.13. The Balaban J connectivity index is 3.44. The summed E-state index contributed by atoms with van der Waals surface area (Å²) < 4.78 is 4.81. The summed E-state index contributed by atoms with van der Waals surface area (Å²) in [6.45, 7) is 3.41. The molecule has 0 spiro atoms.